The molecule has 1 aromatic heterocycles. The van der Waals surface area contributed by atoms with Gasteiger partial charge in [-0.3, -0.25) is 0 Å². The summed E-state index contributed by atoms with van der Waals surface area (Å²) in [6.45, 7) is 3.07. The van der Waals surface area contributed by atoms with Gasteiger partial charge in [-0.05, 0) is 37.8 Å². The van der Waals surface area contributed by atoms with Crippen LogP contribution in [0.5, 0.6) is 0 Å². The molecule has 1 aliphatic rings. The lowest BCUT2D eigenvalue weighted by molar-refractivity contribution is 0.251. The fourth-order valence-electron chi connectivity index (χ4n) is 2.21. The van der Waals surface area contributed by atoms with Gasteiger partial charge in [0.1, 0.15) is 4.21 Å². The Labute approximate surface area is 129 Å². The largest absolute Gasteiger partial charge is 0.328 e. The van der Waals surface area contributed by atoms with Crippen LogP contribution < -0.4 is 5.73 Å². The summed E-state index contributed by atoms with van der Waals surface area (Å²) in [4.78, 5) is 0. The van der Waals surface area contributed by atoms with Crippen LogP contribution in [0.3, 0.4) is 0 Å². The van der Waals surface area contributed by atoms with Crippen molar-refractivity contribution in [2.45, 2.75) is 30.0 Å². The number of piperidine rings is 1. The summed E-state index contributed by atoms with van der Waals surface area (Å²) >= 11 is 6.90. The van der Waals surface area contributed by atoms with E-state index in [2.05, 4.69) is 0 Å². The summed E-state index contributed by atoms with van der Waals surface area (Å²) in [5, 5.41) is 0. The van der Waals surface area contributed by atoms with Crippen molar-refractivity contribution in [1.82, 2.24) is 4.31 Å². The molecule has 1 saturated heterocycles. The van der Waals surface area contributed by atoms with Crippen LogP contribution in [0.25, 0.3) is 0 Å². The van der Waals surface area contributed by atoms with Crippen molar-refractivity contribution in [3.63, 3.8) is 0 Å². The molecule has 1 aliphatic heterocycles. The van der Waals surface area contributed by atoms with Crippen LogP contribution in [0.2, 0.25) is 4.34 Å². The average molecular weight is 345 g/mol. The SMILES string of the molecule is CC(N)C1CCN(S(=O)(=O)c2ccc(Cl)s2)CC1.Cl. The van der Waals surface area contributed by atoms with Crippen molar-refractivity contribution in [2.75, 3.05) is 13.1 Å². The normalized spacial score (nSPS) is 19.9. The van der Waals surface area contributed by atoms with Gasteiger partial charge in [0.15, 0.2) is 0 Å². The molecule has 19 heavy (non-hydrogen) atoms. The van der Waals surface area contributed by atoms with Gasteiger partial charge in [-0.15, -0.1) is 23.7 Å². The number of hydrogen-bond donors (Lipinski definition) is 1. The van der Waals surface area contributed by atoms with Gasteiger partial charge in [0.05, 0.1) is 4.34 Å². The third kappa shape index (κ3) is 3.83. The lowest BCUT2D eigenvalue weighted by Crippen LogP contribution is -2.42. The standard InChI is InChI=1S/C11H17ClN2O2S2.ClH/c1-8(13)9-4-6-14(7-5-9)18(15,16)11-3-2-10(12)17-11;/h2-3,8-9H,4-7,13H2,1H3;1H. The molecular formula is C11H18Cl2N2O2S2. The topological polar surface area (TPSA) is 63.4 Å². The predicted octanol–water partition coefficient (Wildman–Crippen LogP) is 2.57. The number of thiophene rings is 1. The maximum atomic E-state index is 12.3. The Morgan fingerprint density at radius 3 is 2.42 bits per heavy atom. The van der Waals surface area contributed by atoms with Gasteiger partial charge in [-0.1, -0.05) is 11.6 Å². The summed E-state index contributed by atoms with van der Waals surface area (Å²) in [5.41, 5.74) is 5.85. The fraction of sp³-hybridized carbons (Fsp3) is 0.636. The van der Waals surface area contributed by atoms with Crippen molar-refractivity contribution in [2.24, 2.45) is 11.7 Å². The number of nitrogens with zero attached hydrogens (tertiary/aromatic N) is 1. The van der Waals surface area contributed by atoms with Crippen LogP contribution in [0.4, 0.5) is 0 Å². The molecule has 0 radical (unpaired) electrons. The van der Waals surface area contributed by atoms with Crippen LogP contribution in [-0.4, -0.2) is 31.9 Å². The van der Waals surface area contributed by atoms with Gasteiger partial charge >= 0.3 is 0 Å². The van der Waals surface area contributed by atoms with E-state index in [0.29, 0.717) is 27.6 Å². The molecule has 8 heteroatoms. The van der Waals surface area contributed by atoms with Crippen molar-refractivity contribution in [3.8, 4) is 0 Å². The maximum absolute atomic E-state index is 12.3. The van der Waals surface area contributed by atoms with Crippen molar-refractivity contribution in [3.05, 3.63) is 16.5 Å². The first-order valence-corrected chi connectivity index (χ1v) is 8.56. The Hall–Kier alpha value is 0.150. The van der Waals surface area contributed by atoms with Gasteiger partial charge in [-0.25, -0.2) is 8.42 Å². The Kier molecular flexibility index (Phi) is 6.10. The molecule has 0 saturated carbocycles. The Balaban J connectivity index is 0.00000180. The zero-order chi connectivity index (χ0) is 13.3. The number of hydrogen-bond acceptors (Lipinski definition) is 4. The van der Waals surface area contributed by atoms with Crippen molar-refractivity contribution < 1.29 is 8.42 Å². The molecule has 1 fully saturated rings. The van der Waals surface area contributed by atoms with Gasteiger partial charge in [0.25, 0.3) is 10.0 Å². The molecule has 1 atom stereocenters. The molecule has 0 aliphatic carbocycles. The summed E-state index contributed by atoms with van der Waals surface area (Å²) in [6.07, 6.45) is 1.66. The van der Waals surface area contributed by atoms with Crippen LogP contribution in [0.1, 0.15) is 19.8 Å². The van der Waals surface area contributed by atoms with E-state index in [9.17, 15) is 8.42 Å². The predicted molar refractivity (Wildman–Crippen MR) is 81.7 cm³/mol. The first-order chi connectivity index (χ1) is 8.41. The highest BCUT2D eigenvalue weighted by molar-refractivity contribution is 7.91. The molecule has 2 rings (SSSR count). The minimum Gasteiger partial charge on any atom is -0.328 e. The summed E-state index contributed by atoms with van der Waals surface area (Å²) in [5.74, 6) is 0.420. The Morgan fingerprint density at radius 1 is 1.42 bits per heavy atom. The minimum absolute atomic E-state index is 0. The van der Waals surface area contributed by atoms with Crippen molar-refractivity contribution in [1.29, 1.82) is 0 Å². The molecule has 1 unspecified atom stereocenters. The monoisotopic (exact) mass is 344 g/mol. The number of sulfonamides is 1. The molecule has 0 amide bonds. The Morgan fingerprint density at radius 2 is 2.00 bits per heavy atom. The van der Waals surface area contributed by atoms with E-state index in [0.717, 1.165) is 24.2 Å². The van der Waals surface area contributed by atoms with Crippen LogP contribution in [0.15, 0.2) is 16.3 Å². The third-order valence-corrected chi connectivity index (χ3v) is 6.98. The second-order valence-electron chi connectivity index (χ2n) is 4.66. The number of rotatable bonds is 3. The van der Waals surface area contributed by atoms with Crippen LogP contribution in [0, 0.1) is 5.92 Å². The first kappa shape index (κ1) is 17.2. The van der Waals surface area contributed by atoms with E-state index >= 15 is 0 Å². The summed E-state index contributed by atoms with van der Waals surface area (Å²) in [7, 11) is -3.36. The third-order valence-electron chi connectivity index (χ3n) is 3.38. The quantitative estimate of drug-likeness (QED) is 0.916. The van der Waals surface area contributed by atoms with E-state index in [4.69, 9.17) is 17.3 Å². The van der Waals surface area contributed by atoms with Crippen LogP contribution >= 0.6 is 35.3 Å². The first-order valence-electron chi connectivity index (χ1n) is 5.92. The molecular weight excluding hydrogens is 327 g/mol. The summed E-state index contributed by atoms with van der Waals surface area (Å²) < 4.78 is 27.0. The lowest BCUT2D eigenvalue weighted by atomic mass is 9.92. The van der Waals surface area contributed by atoms with Gasteiger partial charge in [-0.2, -0.15) is 4.31 Å². The molecule has 2 heterocycles. The molecule has 110 valence electrons. The molecule has 0 aromatic carbocycles. The maximum Gasteiger partial charge on any atom is 0.252 e. The van der Waals surface area contributed by atoms with Crippen LogP contribution in [-0.2, 0) is 10.0 Å². The van der Waals surface area contributed by atoms with Crippen molar-refractivity contribution >= 4 is 45.4 Å². The highest BCUT2D eigenvalue weighted by Gasteiger charge is 2.31. The second-order valence-corrected chi connectivity index (χ2v) is 8.54. The van der Waals surface area contributed by atoms with Gasteiger partial charge < -0.3 is 5.73 Å². The van der Waals surface area contributed by atoms with Gasteiger partial charge in [0, 0.05) is 19.1 Å². The average Bonchev–Trinajstić information content (AvgIpc) is 2.76. The molecule has 1 aromatic rings. The van der Waals surface area contributed by atoms with E-state index in [1.165, 1.54) is 4.31 Å². The molecule has 2 N–H and O–H groups in total. The zero-order valence-electron chi connectivity index (χ0n) is 10.6. The van der Waals surface area contributed by atoms with E-state index < -0.39 is 10.0 Å². The number of nitrogens with two attached hydrogens (primary N) is 1. The fourth-order valence-corrected chi connectivity index (χ4v) is 5.31. The molecule has 0 spiro atoms. The van der Waals surface area contributed by atoms with E-state index in [1.54, 1.807) is 12.1 Å². The zero-order valence-corrected chi connectivity index (χ0v) is 13.8. The second kappa shape index (κ2) is 6.74. The van der Waals surface area contributed by atoms with Gasteiger partial charge in [0.2, 0.25) is 0 Å². The molecule has 4 nitrogen and oxygen atoms in total. The molecule has 0 bridgehead atoms. The van der Waals surface area contributed by atoms with E-state index in [1.807, 2.05) is 6.92 Å². The number of halogens is 2. The van der Waals surface area contributed by atoms with E-state index in [-0.39, 0.29) is 18.4 Å². The highest BCUT2D eigenvalue weighted by atomic mass is 35.5. The Bertz CT molecular complexity index is 509. The lowest BCUT2D eigenvalue weighted by Gasteiger charge is -2.32. The highest BCUT2D eigenvalue weighted by Crippen LogP contribution is 2.30. The minimum atomic E-state index is -3.36. The smallest absolute Gasteiger partial charge is 0.252 e. The summed E-state index contributed by atoms with van der Waals surface area (Å²) in [6, 6.07) is 3.32.